The molecule has 0 unspecified atom stereocenters. The van der Waals surface area contributed by atoms with E-state index < -0.39 is 17.6 Å². The molecule has 2 amide bonds. The summed E-state index contributed by atoms with van der Waals surface area (Å²) in [5.74, 6) is -2.07. The van der Waals surface area contributed by atoms with Gasteiger partial charge in [-0.3, -0.25) is 9.59 Å². The van der Waals surface area contributed by atoms with Crippen LogP contribution in [-0.2, 0) is 14.3 Å². The number of carbonyl (C=O) groups excluding carboxylic acids is 2. The molecule has 5 nitrogen and oxygen atoms in total. The van der Waals surface area contributed by atoms with Crippen LogP contribution in [0.25, 0.3) is 0 Å². The summed E-state index contributed by atoms with van der Waals surface area (Å²) in [4.78, 5) is 25.6. The van der Waals surface area contributed by atoms with Crippen LogP contribution in [0.3, 0.4) is 0 Å². The SMILES string of the molecule is C[C@@H]1[C@@H](C)OCCN1C(=O)C(=O)Nc1cc(F)cc(Cl)c1. The fraction of sp³-hybridized carbons (Fsp3) is 0.429. The van der Waals surface area contributed by atoms with E-state index in [0.29, 0.717) is 13.2 Å². The van der Waals surface area contributed by atoms with Gasteiger partial charge in [0.1, 0.15) is 5.82 Å². The topological polar surface area (TPSA) is 58.6 Å². The van der Waals surface area contributed by atoms with Crippen LogP contribution >= 0.6 is 11.6 Å². The van der Waals surface area contributed by atoms with Crippen LogP contribution in [0.4, 0.5) is 10.1 Å². The highest BCUT2D eigenvalue weighted by molar-refractivity contribution is 6.39. The Labute approximate surface area is 127 Å². The second kappa shape index (κ2) is 6.41. The van der Waals surface area contributed by atoms with E-state index in [1.807, 2.05) is 13.8 Å². The second-order valence-corrected chi connectivity index (χ2v) is 5.36. The minimum atomic E-state index is -0.822. The number of rotatable bonds is 1. The first-order valence-electron chi connectivity index (χ1n) is 6.58. The van der Waals surface area contributed by atoms with Crippen LogP contribution < -0.4 is 5.32 Å². The third kappa shape index (κ3) is 3.71. The lowest BCUT2D eigenvalue weighted by atomic mass is 10.1. The van der Waals surface area contributed by atoms with Gasteiger partial charge in [-0.25, -0.2) is 4.39 Å². The monoisotopic (exact) mass is 314 g/mol. The van der Waals surface area contributed by atoms with E-state index in [2.05, 4.69) is 5.32 Å². The lowest BCUT2D eigenvalue weighted by Gasteiger charge is -2.37. The predicted molar refractivity (Wildman–Crippen MR) is 76.6 cm³/mol. The molecule has 1 aromatic carbocycles. The third-order valence-corrected chi connectivity index (χ3v) is 3.68. The van der Waals surface area contributed by atoms with Crippen molar-refractivity contribution in [1.82, 2.24) is 4.90 Å². The van der Waals surface area contributed by atoms with Crippen molar-refractivity contribution >= 4 is 29.1 Å². The van der Waals surface area contributed by atoms with Gasteiger partial charge in [0.25, 0.3) is 0 Å². The van der Waals surface area contributed by atoms with Gasteiger partial charge in [0.2, 0.25) is 0 Å². The van der Waals surface area contributed by atoms with Gasteiger partial charge < -0.3 is 15.0 Å². The molecular weight excluding hydrogens is 299 g/mol. The van der Waals surface area contributed by atoms with Crippen LogP contribution in [0.15, 0.2) is 18.2 Å². The van der Waals surface area contributed by atoms with E-state index in [1.165, 1.54) is 11.0 Å². The van der Waals surface area contributed by atoms with Gasteiger partial charge in [0.15, 0.2) is 0 Å². The smallest absolute Gasteiger partial charge is 0.313 e. The molecule has 0 saturated carbocycles. The zero-order valence-electron chi connectivity index (χ0n) is 11.7. The molecule has 0 aromatic heterocycles. The average molecular weight is 315 g/mol. The van der Waals surface area contributed by atoms with Crippen LogP contribution in [0.1, 0.15) is 13.8 Å². The summed E-state index contributed by atoms with van der Waals surface area (Å²) in [6.07, 6.45) is -0.140. The van der Waals surface area contributed by atoms with Crippen molar-refractivity contribution in [2.24, 2.45) is 0 Å². The van der Waals surface area contributed by atoms with Crippen LogP contribution in [-0.4, -0.2) is 42.0 Å². The van der Waals surface area contributed by atoms with E-state index in [0.717, 1.165) is 12.1 Å². The first kappa shape index (κ1) is 15.7. The van der Waals surface area contributed by atoms with Crippen molar-refractivity contribution in [3.05, 3.63) is 29.0 Å². The summed E-state index contributed by atoms with van der Waals surface area (Å²) in [5.41, 5.74) is 0.146. The largest absolute Gasteiger partial charge is 0.375 e. The molecule has 0 spiro atoms. The number of hydrogen-bond acceptors (Lipinski definition) is 3. The van der Waals surface area contributed by atoms with Crippen molar-refractivity contribution in [3.63, 3.8) is 0 Å². The van der Waals surface area contributed by atoms with E-state index in [9.17, 15) is 14.0 Å². The number of amides is 2. The number of ether oxygens (including phenoxy) is 1. The van der Waals surface area contributed by atoms with Crippen molar-refractivity contribution < 1.29 is 18.7 Å². The second-order valence-electron chi connectivity index (χ2n) is 4.93. The van der Waals surface area contributed by atoms with Gasteiger partial charge in [-0.15, -0.1) is 0 Å². The Hall–Kier alpha value is -1.66. The zero-order chi connectivity index (χ0) is 15.6. The molecule has 2 atom stereocenters. The normalized spacial score (nSPS) is 22.0. The standard InChI is InChI=1S/C14H16ClFN2O3/c1-8-9(2)21-4-3-18(8)14(20)13(19)17-12-6-10(15)5-11(16)7-12/h5-9H,3-4H2,1-2H3,(H,17,19)/t8-,9-/m1/s1. The summed E-state index contributed by atoms with van der Waals surface area (Å²) in [6.45, 7) is 4.39. The molecular formula is C14H16ClFN2O3. The lowest BCUT2D eigenvalue weighted by molar-refractivity contribution is -0.152. The molecule has 0 bridgehead atoms. The average Bonchev–Trinajstić information content (AvgIpc) is 2.40. The highest BCUT2D eigenvalue weighted by Crippen LogP contribution is 2.19. The molecule has 1 aromatic rings. The number of halogens is 2. The summed E-state index contributed by atoms with van der Waals surface area (Å²) in [6, 6.07) is 3.39. The third-order valence-electron chi connectivity index (χ3n) is 3.46. The maximum atomic E-state index is 13.2. The summed E-state index contributed by atoms with van der Waals surface area (Å²) < 4.78 is 18.6. The highest BCUT2D eigenvalue weighted by Gasteiger charge is 2.32. The van der Waals surface area contributed by atoms with Crippen LogP contribution in [0, 0.1) is 5.82 Å². The zero-order valence-corrected chi connectivity index (χ0v) is 12.5. The van der Waals surface area contributed by atoms with Crippen molar-refractivity contribution in [3.8, 4) is 0 Å². The number of benzene rings is 1. The molecule has 7 heteroatoms. The number of nitrogens with zero attached hydrogens (tertiary/aromatic N) is 1. The Kier molecular flexibility index (Phi) is 4.80. The van der Waals surface area contributed by atoms with E-state index in [1.54, 1.807) is 0 Å². The molecule has 1 aliphatic rings. The molecule has 1 heterocycles. The first-order valence-corrected chi connectivity index (χ1v) is 6.96. The number of hydrogen-bond donors (Lipinski definition) is 1. The van der Waals surface area contributed by atoms with E-state index >= 15 is 0 Å². The Balaban J connectivity index is 2.07. The van der Waals surface area contributed by atoms with Gasteiger partial charge in [0, 0.05) is 17.3 Å². The van der Waals surface area contributed by atoms with Gasteiger partial charge in [-0.2, -0.15) is 0 Å². The van der Waals surface area contributed by atoms with Crippen molar-refractivity contribution in [2.75, 3.05) is 18.5 Å². The molecule has 21 heavy (non-hydrogen) atoms. The van der Waals surface area contributed by atoms with Gasteiger partial charge >= 0.3 is 11.8 Å². The van der Waals surface area contributed by atoms with Gasteiger partial charge in [0.05, 0.1) is 18.8 Å². The summed E-state index contributed by atoms with van der Waals surface area (Å²) >= 11 is 5.70. The quantitative estimate of drug-likeness (QED) is 0.807. The lowest BCUT2D eigenvalue weighted by Crippen LogP contribution is -2.54. The van der Waals surface area contributed by atoms with Crippen molar-refractivity contribution in [2.45, 2.75) is 26.0 Å². The van der Waals surface area contributed by atoms with E-state index in [4.69, 9.17) is 16.3 Å². The Morgan fingerprint density at radius 3 is 2.76 bits per heavy atom. The van der Waals surface area contributed by atoms with Gasteiger partial charge in [-0.05, 0) is 32.0 Å². The Morgan fingerprint density at radius 1 is 1.38 bits per heavy atom. The predicted octanol–water partition coefficient (Wildman–Crippen LogP) is 2.05. The number of nitrogens with one attached hydrogen (secondary N) is 1. The maximum Gasteiger partial charge on any atom is 0.313 e. The van der Waals surface area contributed by atoms with Crippen LogP contribution in [0.2, 0.25) is 5.02 Å². The Bertz CT molecular complexity index is 547. The number of carbonyl (C=O) groups is 2. The fourth-order valence-electron chi connectivity index (χ4n) is 2.16. The minimum absolute atomic E-state index is 0.140. The maximum absolute atomic E-state index is 13.2. The van der Waals surface area contributed by atoms with Gasteiger partial charge in [-0.1, -0.05) is 11.6 Å². The minimum Gasteiger partial charge on any atom is -0.375 e. The first-order chi connectivity index (χ1) is 9.88. The molecule has 1 N–H and O–H groups in total. The number of morpholine rings is 1. The molecule has 0 aliphatic carbocycles. The summed E-state index contributed by atoms with van der Waals surface area (Å²) in [7, 11) is 0. The van der Waals surface area contributed by atoms with Crippen molar-refractivity contribution in [1.29, 1.82) is 0 Å². The molecule has 2 rings (SSSR count). The Morgan fingerprint density at radius 2 is 2.10 bits per heavy atom. The number of anilines is 1. The highest BCUT2D eigenvalue weighted by atomic mass is 35.5. The van der Waals surface area contributed by atoms with E-state index in [-0.39, 0.29) is 22.9 Å². The molecule has 114 valence electrons. The van der Waals surface area contributed by atoms with Crippen LogP contribution in [0.5, 0.6) is 0 Å². The fourth-order valence-corrected chi connectivity index (χ4v) is 2.38. The molecule has 1 aliphatic heterocycles. The molecule has 1 saturated heterocycles. The summed E-state index contributed by atoms with van der Waals surface area (Å²) in [5, 5.41) is 2.51. The molecule has 1 fully saturated rings. The molecule has 0 radical (unpaired) electrons.